The smallest absolute Gasteiger partial charge is 0.335 e. The number of phenols is 1. The van der Waals surface area contributed by atoms with Gasteiger partial charge < -0.3 is 40.3 Å². The molecule has 1 aliphatic heterocycles. The summed E-state index contributed by atoms with van der Waals surface area (Å²) in [5.74, 6) is -2.73. The van der Waals surface area contributed by atoms with Gasteiger partial charge in [0, 0.05) is 5.69 Å². The lowest BCUT2D eigenvalue weighted by Gasteiger charge is -2.37. The van der Waals surface area contributed by atoms with Gasteiger partial charge >= 0.3 is 11.9 Å². The van der Waals surface area contributed by atoms with Gasteiger partial charge in [-0.2, -0.15) is 0 Å². The van der Waals surface area contributed by atoms with Crippen LogP contribution in [-0.4, -0.2) is 68.2 Å². The molecule has 0 radical (unpaired) electrons. The van der Waals surface area contributed by atoms with Crippen molar-refractivity contribution in [2.75, 3.05) is 5.32 Å². The maximum Gasteiger partial charge on any atom is 0.335 e. The third-order valence-electron chi connectivity index (χ3n) is 4.71. The van der Waals surface area contributed by atoms with E-state index in [1.807, 2.05) is 0 Å². The van der Waals surface area contributed by atoms with Crippen LogP contribution in [0.5, 0.6) is 5.75 Å². The Balaban J connectivity index is 1.78. The lowest BCUT2D eigenvalue weighted by atomic mass is 9.99. The van der Waals surface area contributed by atoms with Crippen molar-refractivity contribution in [1.29, 1.82) is 0 Å². The molecule has 1 heterocycles. The van der Waals surface area contributed by atoms with Crippen molar-refractivity contribution in [3.8, 4) is 5.75 Å². The Bertz CT molecular complexity index is 998. The van der Waals surface area contributed by atoms with E-state index in [1.54, 1.807) is 18.2 Å². The molecule has 10 nitrogen and oxygen atoms in total. The van der Waals surface area contributed by atoms with Crippen LogP contribution in [0, 0.1) is 0 Å². The Kier molecular flexibility index (Phi) is 7.44. The van der Waals surface area contributed by atoms with Crippen LogP contribution < -0.4 is 5.32 Å². The molecule has 172 valence electrons. The summed E-state index contributed by atoms with van der Waals surface area (Å²) in [5.41, 5.74) is 0.981. The van der Waals surface area contributed by atoms with Gasteiger partial charge in [-0.15, -0.1) is 0 Å². The number of benzene rings is 2. The van der Waals surface area contributed by atoms with Crippen molar-refractivity contribution in [3.05, 3.63) is 52.0 Å². The number of halogens is 2. The molecule has 3 rings (SSSR count). The summed E-state index contributed by atoms with van der Waals surface area (Å²) < 4.78 is 9.92. The Morgan fingerprint density at radius 3 is 2.31 bits per heavy atom. The minimum absolute atomic E-state index is 0.151. The molecule has 2 aromatic carbocycles. The zero-order valence-corrected chi connectivity index (χ0v) is 17.7. The van der Waals surface area contributed by atoms with Gasteiger partial charge in [-0.25, -0.2) is 4.79 Å². The van der Waals surface area contributed by atoms with Gasteiger partial charge in [0.15, 0.2) is 6.10 Å². The van der Waals surface area contributed by atoms with E-state index in [0.29, 0.717) is 21.4 Å². The first-order valence-electron chi connectivity index (χ1n) is 9.23. The molecule has 0 amide bonds. The number of carbonyl (C=O) groups is 2. The monoisotopic (exact) mass is 487 g/mol. The molecular formula is C20H19Cl2NO9. The molecule has 5 atom stereocenters. The summed E-state index contributed by atoms with van der Waals surface area (Å²) in [6.45, 7) is 0. The number of aromatic hydroxyl groups is 1. The van der Waals surface area contributed by atoms with Crippen molar-refractivity contribution >= 4 is 46.5 Å². The van der Waals surface area contributed by atoms with E-state index in [4.69, 9.17) is 37.8 Å². The van der Waals surface area contributed by atoms with Crippen molar-refractivity contribution in [2.24, 2.45) is 0 Å². The van der Waals surface area contributed by atoms with E-state index < -0.39 is 49.1 Å². The lowest BCUT2D eigenvalue weighted by Crippen LogP contribution is -2.60. The topological polar surface area (TPSA) is 166 Å². The minimum atomic E-state index is -1.92. The number of aliphatic hydroxyl groups excluding tert-OH is 3. The molecule has 0 saturated carbocycles. The summed E-state index contributed by atoms with van der Waals surface area (Å²) in [5, 5.41) is 52.0. The van der Waals surface area contributed by atoms with Gasteiger partial charge in [0.1, 0.15) is 24.1 Å². The first kappa shape index (κ1) is 24.1. The van der Waals surface area contributed by atoms with Crippen LogP contribution in [0.4, 0.5) is 11.4 Å². The number of anilines is 2. The summed E-state index contributed by atoms with van der Waals surface area (Å²) in [7, 11) is 0. The first-order valence-corrected chi connectivity index (χ1v) is 9.99. The molecule has 0 aromatic heterocycles. The number of rotatable bonds is 6. The zero-order valence-electron chi connectivity index (χ0n) is 16.2. The van der Waals surface area contributed by atoms with Crippen LogP contribution in [-0.2, 0) is 25.5 Å². The van der Waals surface area contributed by atoms with Gasteiger partial charge in [-0.05, 0) is 35.9 Å². The van der Waals surface area contributed by atoms with Gasteiger partial charge in [-0.3, -0.25) is 4.79 Å². The van der Waals surface area contributed by atoms with Crippen LogP contribution in [0.25, 0.3) is 0 Å². The fraction of sp³-hybridized carbons (Fsp3) is 0.300. The standard InChI is InChI=1S/C20H19Cl2NO9/c21-10-2-1-3-11(22)14(10)23-12-5-4-9(24)6-8(12)7-13(25)31-20-17(28)15(26)16(27)18(32-20)19(29)30/h1-6,15-18,20,23-24,26-28H,7H2,(H,29,30)/t15-,16-,17+,18-,20+/m0/s1. The second-order valence-corrected chi connectivity index (χ2v) is 7.78. The number of aliphatic hydroxyl groups is 3. The van der Waals surface area contributed by atoms with E-state index in [2.05, 4.69) is 5.32 Å². The number of para-hydroxylation sites is 1. The summed E-state index contributed by atoms with van der Waals surface area (Å²) in [6.07, 6.45) is -9.90. The summed E-state index contributed by atoms with van der Waals surface area (Å²) in [4.78, 5) is 23.6. The van der Waals surface area contributed by atoms with Crippen LogP contribution in [0.15, 0.2) is 36.4 Å². The number of aliphatic carboxylic acids is 1. The number of nitrogens with one attached hydrogen (secondary N) is 1. The van der Waals surface area contributed by atoms with Crippen LogP contribution in [0.1, 0.15) is 5.56 Å². The molecule has 32 heavy (non-hydrogen) atoms. The number of carbonyl (C=O) groups excluding carboxylic acids is 1. The summed E-state index contributed by atoms with van der Waals surface area (Å²) >= 11 is 12.3. The highest BCUT2D eigenvalue weighted by molar-refractivity contribution is 6.39. The number of ether oxygens (including phenoxy) is 2. The molecule has 6 N–H and O–H groups in total. The maximum absolute atomic E-state index is 12.5. The summed E-state index contributed by atoms with van der Waals surface area (Å²) in [6, 6.07) is 8.98. The molecule has 12 heteroatoms. The van der Waals surface area contributed by atoms with E-state index in [1.165, 1.54) is 18.2 Å². The quantitative estimate of drug-likeness (QED) is 0.259. The molecular weight excluding hydrogens is 469 g/mol. The Hall–Kier alpha value is -2.60. The van der Waals surface area contributed by atoms with Gasteiger partial charge in [0.2, 0.25) is 6.29 Å². The maximum atomic E-state index is 12.5. The Morgan fingerprint density at radius 1 is 1.03 bits per heavy atom. The van der Waals surface area contributed by atoms with Crippen molar-refractivity contribution < 1.29 is 44.6 Å². The van der Waals surface area contributed by atoms with Crippen LogP contribution >= 0.6 is 23.2 Å². The average Bonchev–Trinajstić information content (AvgIpc) is 2.72. The molecule has 0 unspecified atom stereocenters. The molecule has 1 fully saturated rings. The average molecular weight is 488 g/mol. The zero-order chi connectivity index (χ0) is 23.6. The van der Waals surface area contributed by atoms with E-state index in [9.17, 15) is 30.0 Å². The Labute approximate surface area is 191 Å². The SMILES string of the molecule is O=C(Cc1cc(O)ccc1Nc1c(Cl)cccc1Cl)O[C@@H]1O[C@H](C(=O)O)[C@@H](O)[C@H](O)[C@H]1O. The molecule has 0 spiro atoms. The number of carboxylic acid groups (broad SMARTS) is 1. The van der Waals surface area contributed by atoms with Gasteiger partial charge in [-0.1, -0.05) is 29.3 Å². The van der Waals surface area contributed by atoms with Crippen molar-refractivity contribution in [1.82, 2.24) is 0 Å². The van der Waals surface area contributed by atoms with Gasteiger partial charge in [0.25, 0.3) is 0 Å². The lowest BCUT2D eigenvalue weighted by molar-refractivity contribution is -0.286. The molecule has 1 saturated heterocycles. The minimum Gasteiger partial charge on any atom is -0.508 e. The van der Waals surface area contributed by atoms with Crippen molar-refractivity contribution in [2.45, 2.75) is 37.1 Å². The number of hydrogen-bond acceptors (Lipinski definition) is 9. The van der Waals surface area contributed by atoms with Crippen LogP contribution in [0.3, 0.4) is 0 Å². The predicted molar refractivity (Wildman–Crippen MR) is 112 cm³/mol. The first-order chi connectivity index (χ1) is 15.1. The van der Waals surface area contributed by atoms with E-state index in [0.717, 1.165) is 0 Å². The van der Waals surface area contributed by atoms with E-state index >= 15 is 0 Å². The Morgan fingerprint density at radius 2 is 1.69 bits per heavy atom. The largest absolute Gasteiger partial charge is 0.508 e. The third-order valence-corrected chi connectivity index (χ3v) is 5.34. The highest BCUT2D eigenvalue weighted by Gasteiger charge is 2.48. The normalized spacial score (nSPS) is 25.2. The van der Waals surface area contributed by atoms with E-state index in [-0.39, 0.29) is 11.3 Å². The highest BCUT2D eigenvalue weighted by atomic mass is 35.5. The number of hydrogen-bond donors (Lipinski definition) is 6. The molecule has 0 aliphatic carbocycles. The van der Waals surface area contributed by atoms with Crippen molar-refractivity contribution in [3.63, 3.8) is 0 Å². The molecule has 0 bridgehead atoms. The fourth-order valence-corrected chi connectivity index (χ4v) is 3.57. The second-order valence-electron chi connectivity index (χ2n) is 6.96. The third kappa shape index (κ3) is 5.23. The predicted octanol–water partition coefficient (Wildman–Crippen LogP) is 1.42. The molecule has 2 aromatic rings. The number of phenolic OH excluding ortho intramolecular Hbond substituents is 1. The highest BCUT2D eigenvalue weighted by Crippen LogP contribution is 2.34. The number of esters is 1. The van der Waals surface area contributed by atoms with Crippen LogP contribution in [0.2, 0.25) is 10.0 Å². The second kappa shape index (κ2) is 9.90. The number of carboxylic acids is 1. The van der Waals surface area contributed by atoms with Gasteiger partial charge in [0.05, 0.1) is 22.2 Å². The fourth-order valence-electron chi connectivity index (χ4n) is 3.08. The molecule has 1 aliphatic rings.